The first-order chi connectivity index (χ1) is 7.28. The van der Waals surface area contributed by atoms with Crippen molar-refractivity contribution in [2.45, 2.75) is 26.3 Å². The molecular weight excluding hydrogens is 280 g/mol. The number of halogens is 3. The lowest BCUT2D eigenvalue weighted by Gasteiger charge is -2.19. The topological polar surface area (TPSA) is 29.1 Å². The van der Waals surface area contributed by atoms with Crippen molar-refractivity contribution < 1.29 is 4.79 Å². The van der Waals surface area contributed by atoms with Gasteiger partial charge in [-0.2, -0.15) is 0 Å². The van der Waals surface area contributed by atoms with Gasteiger partial charge >= 0.3 is 0 Å². The van der Waals surface area contributed by atoms with E-state index in [0.717, 1.165) is 0 Å². The lowest BCUT2D eigenvalue weighted by Crippen LogP contribution is -2.39. The summed E-state index contributed by atoms with van der Waals surface area (Å²) >= 11 is 11.7. The molecule has 0 bridgehead atoms. The van der Waals surface area contributed by atoms with Crippen molar-refractivity contribution in [1.82, 2.24) is 5.32 Å². The molecule has 0 fully saturated rings. The monoisotopic (exact) mass is 295 g/mol. The molecule has 0 amide bonds. The Kier molecular flexibility index (Phi) is 6.49. The van der Waals surface area contributed by atoms with Gasteiger partial charge in [0.05, 0.1) is 6.54 Å². The van der Waals surface area contributed by atoms with Crippen molar-refractivity contribution in [2.24, 2.45) is 0 Å². The van der Waals surface area contributed by atoms with Gasteiger partial charge in [-0.3, -0.25) is 4.79 Å². The number of nitrogens with one attached hydrogen (secondary N) is 1. The fraction of sp³-hybridized carbons (Fsp3) is 0.417. The van der Waals surface area contributed by atoms with E-state index in [-0.39, 0.29) is 30.3 Å². The van der Waals surface area contributed by atoms with E-state index >= 15 is 0 Å². The van der Waals surface area contributed by atoms with E-state index in [1.807, 2.05) is 20.8 Å². The second-order valence-corrected chi connectivity index (χ2v) is 5.56. The fourth-order valence-electron chi connectivity index (χ4n) is 1.16. The highest BCUT2D eigenvalue weighted by Crippen LogP contribution is 2.19. The molecule has 0 saturated carbocycles. The Hall–Kier alpha value is -0.280. The van der Waals surface area contributed by atoms with Gasteiger partial charge in [0.15, 0.2) is 5.78 Å². The zero-order valence-corrected chi connectivity index (χ0v) is 12.3. The minimum Gasteiger partial charge on any atom is -0.305 e. The van der Waals surface area contributed by atoms with Gasteiger partial charge in [-0.15, -0.1) is 12.4 Å². The second kappa shape index (κ2) is 6.60. The van der Waals surface area contributed by atoms with E-state index in [0.29, 0.717) is 15.6 Å². The number of Topliss-reactive ketones (excluding diaryl/α,β-unsaturated/α-hetero) is 1. The van der Waals surface area contributed by atoms with E-state index in [4.69, 9.17) is 23.2 Å². The molecule has 1 aromatic rings. The molecule has 0 aromatic heterocycles. The molecule has 0 aliphatic carbocycles. The average molecular weight is 297 g/mol. The third-order valence-electron chi connectivity index (χ3n) is 1.96. The van der Waals surface area contributed by atoms with Crippen molar-refractivity contribution in [3.05, 3.63) is 33.8 Å². The number of carbonyl (C=O) groups excluding carboxylic acids is 1. The number of ketones is 1. The molecule has 96 valence electrons. The Labute approximate surface area is 118 Å². The summed E-state index contributed by atoms with van der Waals surface area (Å²) in [5, 5.41) is 4.08. The standard InChI is InChI=1S/C12H15Cl2NO.ClH/c1-12(2,3)15-7-11(16)8-4-9(13)6-10(14)5-8;/h4-6,15H,7H2,1-3H3;1H. The fourth-order valence-corrected chi connectivity index (χ4v) is 1.69. The van der Waals surface area contributed by atoms with Crippen molar-refractivity contribution in [1.29, 1.82) is 0 Å². The molecule has 1 rings (SSSR count). The molecule has 2 nitrogen and oxygen atoms in total. The maximum Gasteiger partial charge on any atom is 0.176 e. The van der Waals surface area contributed by atoms with Crippen LogP contribution in [0.3, 0.4) is 0 Å². The zero-order valence-electron chi connectivity index (χ0n) is 10.0. The van der Waals surface area contributed by atoms with Crippen molar-refractivity contribution in [3.63, 3.8) is 0 Å². The van der Waals surface area contributed by atoms with Crippen molar-refractivity contribution >= 4 is 41.4 Å². The van der Waals surface area contributed by atoms with Crippen LogP contribution in [-0.4, -0.2) is 17.9 Å². The molecule has 17 heavy (non-hydrogen) atoms. The van der Waals surface area contributed by atoms with E-state index < -0.39 is 0 Å². The molecule has 0 unspecified atom stereocenters. The van der Waals surface area contributed by atoms with Crippen molar-refractivity contribution in [3.8, 4) is 0 Å². The number of benzene rings is 1. The van der Waals surface area contributed by atoms with E-state index in [2.05, 4.69) is 5.32 Å². The summed E-state index contributed by atoms with van der Waals surface area (Å²) < 4.78 is 0. The first-order valence-electron chi connectivity index (χ1n) is 5.02. The molecular formula is C12H16Cl3NO. The van der Waals surface area contributed by atoms with Crippen LogP contribution in [0.5, 0.6) is 0 Å². The highest BCUT2D eigenvalue weighted by Gasteiger charge is 2.13. The number of hydrogen-bond donors (Lipinski definition) is 1. The minimum atomic E-state index is -0.0853. The van der Waals surface area contributed by atoms with Crippen LogP contribution in [0.4, 0.5) is 0 Å². The summed E-state index contributed by atoms with van der Waals surface area (Å²) in [6, 6.07) is 4.86. The molecule has 1 N–H and O–H groups in total. The van der Waals surface area contributed by atoms with Crippen LogP contribution in [0, 0.1) is 0 Å². The predicted molar refractivity (Wildman–Crippen MR) is 75.8 cm³/mol. The summed E-state index contributed by atoms with van der Waals surface area (Å²) in [7, 11) is 0. The average Bonchev–Trinajstić information content (AvgIpc) is 2.11. The van der Waals surface area contributed by atoms with Crippen molar-refractivity contribution in [2.75, 3.05) is 6.54 Å². The molecule has 0 aliphatic rings. The first-order valence-corrected chi connectivity index (χ1v) is 5.78. The largest absolute Gasteiger partial charge is 0.305 e. The van der Waals surface area contributed by atoms with Gasteiger partial charge in [0, 0.05) is 21.1 Å². The van der Waals surface area contributed by atoms with Gasteiger partial charge in [0.2, 0.25) is 0 Å². The number of rotatable bonds is 3. The summed E-state index contributed by atoms with van der Waals surface area (Å²) in [6.45, 7) is 6.29. The lowest BCUT2D eigenvalue weighted by molar-refractivity contribution is 0.0982. The first kappa shape index (κ1) is 16.7. The van der Waals surface area contributed by atoms with E-state index in [1.165, 1.54) is 0 Å². The Balaban J connectivity index is 0.00000256. The lowest BCUT2D eigenvalue weighted by atomic mass is 10.1. The molecule has 5 heteroatoms. The van der Waals surface area contributed by atoms with Gasteiger partial charge < -0.3 is 5.32 Å². The molecule has 1 aromatic carbocycles. The molecule has 0 heterocycles. The van der Waals surface area contributed by atoms with Crippen LogP contribution >= 0.6 is 35.6 Å². The third-order valence-corrected chi connectivity index (χ3v) is 2.40. The van der Waals surface area contributed by atoms with Crippen LogP contribution in [0.15, 0.2) is 18.2 Å². The molecule has 0 saturated heterocycles. The minimum absolute atomic E-state index is 0. The van der Waals surface area contributed by atoms with Crippen LogP contribution in [0.1, 0.15) is 31.1 Å². The Morgan fingerprint density at radius 1 is 1.18 bits per heavy atom. The number of carbonyl (C=O) groups is 1. The Morgan fingerprint density at radius 2 is 1.65 bits per heavy atom. The van der Waals surface area contributed by atoms with Gasteiger partial charge in [0.25, 0.3) is 0 Å². The van der Waals surface area contributed by atoms with E-state index in [9.17, 15) is 4.79 Å². The van der Waals surface area contributed by atoms with Gasteiger partial charge in [-0.05, 0) is 39.0 Å². The van der Waals surface area contributed by atoms with E-state index in [1.54, 1.807) is 18.2 Å². The molecule has 0 aliphatic heterocycles. The van der Waals surface area contributed by atoms with Gasteiger partial charge in [0.1, 0.15) is 0 Å². The second-order valence-electron chi connectivity index (χ2n) is 4.68. The summed E-state index contributed by atoms with van der Waals surface area (Å²) in [5.41, 5.74) is 0.451. The SMILES string of the molecule is CC(C)(C)NCC(=O)c1cc(Cl)cc(Cl)c1.Cl. The van der Waals surface area contributed by atoms with Gasteiger partial charge in [-0.25, -0.2) is 0 Å². The Bertz CT molecular complexity index is 379. The smallest absolute Gasteiger partial charge is 0.176 e. The number of hydrogen-bond acceptors (Lipinski definition) is 2. The highest BCUT2D eigenvalue weighted by molar-refractivity contribution is 6.35. The summed E-state index contributed by atoms with van der Waals surface area (Å²) in [4.78, 5) is 11.8. The van der Waals surface area contributed by atoms with Crippen LogP contribution in [-0.2, 0) is 0 Å². The maximum absolute atomic E-state index is 11.8. The summed E-state index contributed by atoms with van der Waals surface area (Å²) in [6.07, 6.45) is 0. The highest BCUT2D eigenvalue weighted by atomic mass is 35.5. The molecule has 0 atom stereocenters. The maximum atomic E-state index is 11.8. The Morgan fingerprint density at radius 3 is 2.06 bits per heavy atom. The normalized spacial score (nSPS) is 10.9. The van der Waals surface area contributed by atoms with Crippen LogP contribution in [0.2, 0.25) is 10.0 Å². The molecule has 0 radical (unpaired) electrons. The van der Waals surface area contributed by atoms with Gasteiger partial charge in [-0.1, -0.05) is 23.2 Å². The zero-order chi connectivity index (χ0) is 12.3. The predicted octanol–water partition coefficient (Wildman–Crippen LogP) is 3.99. The quantitative estimate of drug-likeness (QED) is 0.855. The summed E-state index contributed by atoms with van der Waals surface area (Å²) in [5.74, 6) is -0.0145. The third kappa shape index (κ3) is 6.27. The van der Waals surface area contributed by atoms with Crippen LogP contribution < -0.4 is 5.32 Å². The van der Waals surface area contributed by atoms with Crippen LogP contribution in [0.25, 0.3) is 0 Å². The molecule has 0 spiro atoms.